The van der Waals surface area contributed by atoms with Gasteiger partial charge in [0.1, 0.15) is 0 Å². The fraction of sp³-hybridized carbons (Fsp3) is 0.526. The first-order valence-corrected chi connectivity index (χ1v) is 9.78. The van der Waals surface area contributed by atoms with Crippen LogP contribution in [-0.2, 0) is 6.42 Å². The van der Waals surface area contributed by atoms with Gasteiger partial charge in [-0.3, -0.25) is 0 Å². The molecule has 4 nitrogen and oxygen atoms in total. The molecule has 1 saturated carbocycles. The lowest BCUT2D eigenvalue weighted by atomic mass is 9.85. The van der Waals surface area contributed by atoms with Gasteiger partial charge < -0.3 is 15.7 Å². The van der Waals surface area contributed by atoms with E-state index in [2.05, 4.69) is 22.5 Å². The molecule has 1 fully saturated rings. The summed E-state index contributed by atoms with van der Waals surface area (Å²) in [4.78, 5) is 5.25. The molecule has 0 aliphatic heterocycles. The van der Waals surface area contributed by atoms with Crippen molar-refractivity contribution in [2.24, 2.45) is 5.92 Å². The molecule has 130 valence electrons. The number of hydrogen-bond acceptors (Lipinski definition) is 5. The molecule has 0 bridgehead atoms. The van der Waals surface area contributed by atoms with E-state index in [-0.39, 0.29) is 5.88 Å². The number of thiazole rings is 1. The second-order valence-electron chi connectivity index (χ2n) is 6.64. The van der Waals surface area contributed by atoms with Crippen molar-refractivity contribution in [1.29, 1.82) is 0 Å². The fourth-order valence-corrected chi connectivity index (χ4v) is 4.34. The summed E-state index contributed by atoms with van der Waals surface area (Å²) in [5.41, 5.74) is 1.10. The third kappa shape index (κ3) is 4.63. The average molecular weight is 346 g/mol. The highest BCUT2D eigenvalue weighted by atomic mass is 32.1. The Morgan fingerprint density at radius 2 is 1.96 bits per heavy atom. The highest BCUT2D eigenvalue weighted by Crippen LogP contribution is 2.32. The van der Waals surface area contributed by atoms with Gasteiger partial charge in [0.2, 0.25) is 5.88 Å². The first-order chi connectivity index (χ1) is 11.7. The molecule has 3 N–H and O–H groups in total. The predicted molar refractivity (Wildman–Crippen MR) is 102 cm³/mol. The SMILES string of the molecule is C[C@@H](Nc1nc(O)c(CCNc2ccccc2)s1)C1CCCCC1. The number of rotatable bonds is 7. The van der Waals surface area contributed by atoms with Crippen LogP contribution in [0.2, 0.25) is 0 Å². The van der Waals surface area contributed by atoms with Crippen LogP contribution < -0.4 is 10.6 Å². The highest BCUT2D eigenvalue weighted by Gasteiger charge is 2.21. The lowest BCUT2D eigenvalue weighted by molar-refractivity contribution is 0.328. The van der Waals surface area contributed by atoms with Crippen molar-refractivity contribution in [3.8, 4) is 5.88 Å². The fourth-order valence-electron chi connectivity index (χ4n) is 3.39. The van der Waals surface area contributed by atoms with Crippen molar-refractivity contribution in [3.63, 3.8) is 0 Å². The summed E-state index contributed by atoms with van der Waals surface area (Å²) < 4.78 is 0. The molecule has 1 aromatic heterocycles. The van der Waals surface area contributed by atoms with E-state index in [1.54, 1.807) is 11.3 Å². The number of nitrogens with one attached hydrogen (secondary N) is 2. The summed E-state index contributed by atoms with van der Waals surface area (Å²) in [6, 6.07) is 10.6. The van der Waals surface area contributed by atoms with Crippen molar-refractivity contribution in [3.05, 3.63) is 35.2 Å². The lowest BCUT2D eigenvalue weighted by Crippen LogP contribution is -2.27. The third-order valence-electron chi connectivity index (χ3n) is 4.84. The summed E-state index contributed by atoms with van der Waals surface area (Å²) in [6.45, 7) is 3.03. The zero-order valence-electron chi connectivity index (χ0n) is 14.3. The number of nitrogens with zero attached hydrogens (tertiary/aromatic N) is 1. The van der Waals surface area contributed by atoms with Gasteiger partial charge in [-0.25, -0.2) is 0 Å². The zero-order valence-corrected chi connectivity index (χ0v) is 15.1. The van der Waals surface area contributed by atoms with Gasteiger partial charge in [-0.05, 0) is 37.8 Å². The summed E-state index contributed by atoms with van der Waals surface area (Å²) in [5, 5.41) is 17.8. The number of benzene rings is 1. The quantitative estimate of drug-likeness (QED) is 0.669. The molecule has 2 aromatic rings. The molecule has 0 spiro atoms. The first kappa shape index (κ1) is 17.1. The van der Waals surface area contributed by atoms with Crippen molar-refractivity contribution in [2.45, 2.75) is 51.5 Å². The Kier molecular flexibility index (Phi) is 5.96. The molecule has 1 aromatic carbocycles. The van der Waals surface area contributed by atoms with E-state index in [9.17, 15) is 5.11 Å². The maximum Gasteiger partial charge on any atom is 0.227 e. The van der Waals surface area contributed by atoms with Gasteiger partial charge in [0.25, 0.3) is 0 Å². The number of hydrogen-bond donors (Lipinski definition) is 3. The van der Waals surface area contributed by atoms with Crippen LogP contribution in [0.4, 0.5) is 10.8 Å². The van der Waals surface area contributed by atoms with Gasteiger partial charge in [-0.15, -0.1) is 0 Å². The standard InChI is InChI=1S/C19H27N3OS/c1-14(15-8-4-2-5-9-15)21-19-22-18(23)17(24-19)12-13-20-16-10-6-3-7-11-16/h3,6-7,10-11,14-15,20,23H,2,4-5,8-9,12-13H2,1H3,(H,21,22)/t14-/m1/s1. The molecule has 1 aliphatic carbocycles. The van der Waals surface area contributed by atoms with E-state index in [0.717, 1.165) is 34.6 Å². The molecule has 3 rings (SSSR count). The monoisotopic (exact) mass is 345 g/mol. The van der Waals surface area contributed by atoms with Gasteiger partial charge in [0, 0.05) is 24.7 Å². The Balaban J connectivity index is 1.50. The van der Waals surface area contributed by atoms with Crippen LogP contribution in [0.25, 0.3) is 0 Å². The maximum absolute atomic E-state index is 10.1. The van der Waals surface area contributed by atoms with Crippen molar-refractivity contribution in [1.82, 2.24) is 4.98 Å². The van der Waals surface area contributed by atoms with E-state index in [1.807, 2.05) is 30.3 Å². The average Bonchev–Trinajstić information content (AvgIpc) is 2.96. The van der Waals surface area contributed by atoms with Gasteiger partial charge in [0.15, 0.2) is 5.13 Å². The third-order valence-corrected chi connectivity index (χ3v) is 5.88. The molecule has 0 radical (unpaired) electrons. The predicted octanol–water partition coefficient (Wildman–Crippen LogP) is 4.88. The van der Waals surface area contributed by atoms with Crippen LogP contribution in [0.5, 0.6) is 5.88 Å². The molecule has 5 heteroatoms. The number of para-hydroxylation sites is 1. The smallest absolute Gasteiger partial charge is 0.227 e. The number of aromatic nitrogens is 1. The van der Waals surface area contributed by atoms with Crippen LogP contribution >= 0.6 is 11.3 Å². The van der Waals surface area contributed by atoms with E-state index in [4.69, 9.17) is 0 Å². The number of aromatic hydroxyl groups is 1. The lowest BCUT2D eigenvalue weighted by Gasteiger charge is -2.28. The molecule has 0 saturated heterocycles. The van der Waals surface area contributed by atoms with Crippen molar-refractivity contribution >= 4 is 22.2 Å². The molecular weight excluding hydrogens is 318 g/mol. The zero-order chi connectivity index (χ0) is 16.8. The minimum atomic E-state index is 0.174. The Hall–Kier alpha value is -1.75. The van der Waals surface area contributed by atoms with Gasteiger partial charge >= 0.3 is 0 Å². The molecule has 1 atom stereocenters. The molecule has 24 heavy (non-hydrogen) atoms. The van der Waals surface area contributed by atoms with E-state index >= 15 is 0 Å². The van der Waals surface area contributed by atoms with Crippen molar-refractivity contribution in [2.75, 3.05) is 17.2 Å². The highest BCUT2D eigenvalue weighted by molar-refractivity contribution is 7.15. The largest absolute Gasteiger partial charge is 0.492 e. The van der Waals surface area contributed by atoms with Gasteiger partial charge in [-0.2, -0.15) is 4.98 Å². The summed E-state index contributed by atoms with van der Waals surface area (Å²) in [5.74, 6) is 0.904. The van der Waals surface area contributed by atoms with E-state index < -0.39 is 0 Å². The maximum atomic E-state index is 10.1. The van der Waals surface area contributed by atoms with Crippen LogP contribution in [0.1, 0.15) is 43.9 Å². The van der Waals surface area contributed by atoms with Crippen LogP contribution in [0.3, 0.4) is 0 Å². The topological polar surface area (TPSA) is 57.2 Å². The first-order valence-electron chi connectivity index (χ1n) is 8.96. The van der Waals surface area contributed by atoms with E-state index in [1.165, 1.54) is 32.1 Å². The summed E-state index contributed by atoms with van der Waals surface area (Å²) >= 11 is 1.57. The molecular formula is C19H27N3OS. The normalized spacial score (nSPS) is 16.7. The van der Waals surface area contributed by atoms with Crippen LogP contribution in [0, 0.1) is 5.92 Å². The van der Waals surface area contributed by atoms with Crippen molar-refractivity contribution < 1.29 is 5.11 Å². The molecule has 1 heterocycles. The van der Waals surface area contributed by atoms with Crippen LogP contribution in [0.15, 0.2) is 30.3 Å². The second-order valence-corrected chi connectivity index (χ2v) is 7.72. The Morgan fingerprint density at radius 3 is 2.71 bits per heavy atom. The minimum absolute atomic E-state index is 0.174. The van der Waals surface area contributed by atoms with Gasteiger partial charge in [-0.1, -0.05) is 48.8 Å². The summed E-state index contributed by atoms with van der Waals surface area (Å²) in [6.07, 6.45) is 7.45. The summed E-state index contributed by atoms with van der Waals surface area (Å²) in [7, 11) is 0. The van der Waals surface area contributed by atoms with E-state index in [0.29, 0.717) is 6.04 Å². The number of anilines is 2. The molecule has 0 amide bonds. The Bertz CT molecular complexity index is 623. The van der Waals surface area contributed by atoms with Gasteiger partial charge in [0.05, 0.1) is 4.88 Å². The minimum Gasteiger partial charge on any atom is -0.492 e. The Labute approximate surface area is 148 Å². The van der Waals surface area contributed by atoms with Crippen LogP contribution in [-0.4, -0.2) is 22.7 Å². The molecule has 1 aliphatic rings. The second kappa shape index (κ2) is 8.38. The molecule has 0 unspecified atom stereocenters. The Morgan fingerprint density at radius 1 is 1.21 bits per heavy atom.